The van der Waals surface area contributed by atoms with Crippen LogP contribution in [-0.2, 0) is 33.2 Å². The average molecular weight is 710 g/mol. The summed E-state index contributed by atoms with van der Waals surface area (Å²) in [6.45, 7) is 21.9. The first kappa shape index (κ1) is 32.7. The Bertz CT molecular complexity index is 2030. The summed E-state index contributed by atoms with van der Waals surface area (Å²) in [6.07, 6.45) is 4.89. The number of rotatable bonds is 6. The third-order valence-corrected chi connectivity index (χ3v) is 20.3. The Kier molecular flexibility index (Phi) is 8.54. The molecule has 0 saturated heterocycles. The van der Waals surface area contributed by atoms with Crippen LogP contribution in [0.25, 0.3) is 39.1 Å². The van der Waals surface area contributed by atoms with E-state index in [2.05, 4.69) is 159 Å². The van der Waals surface area contributed by atoms with Crippen LogP contribution in [0.1, 0.15) is 110 Å². The van der Waals surface area contributed by atoms with Gasteiger partial charge in [-0.1, -0.05) is 0 Å². The van der Waals surface area contributed by atoms with Gasteiger partial charge in [-0.15, -0.1) is 0 Å². The third kappa shape index (κ3) is 5.82. The summed E-state index contributed by atoms with van der Waals surface area (Å²) >= 11 is -0.652. The molecule has 0 amide bonds. The molecular weight excluding hydrogens is 660 g/mol. The number of fused-ring (bicyclic) bond motifs is 5. The van der Waals surface area contributed by atoms with E-state index in [0.717, 1.165) is 12.8 Å². The van der Waals surface area contributed by atoms with Crippen LogP contribution in [0.5, 0.6) is 0 Å². The van der Waals surface area contributed by atoms with Crippen LogP contribution in [0.15, 0.2) is 96.6 Å². The van der Waals surface area contributed by atoms with E-state index in [-0.39, 0.29) is 10.8 Å². The van der Waals surface area contributed by atoms with Crippen molar-refractivity contribution >= 4 is 22.8 Å². The molecule has 0 radical (unpaired) electrons. The van der Waals surface area contributed by atoms with Crippen LogP contribution in [0.4, 0.5) is 0 Å². The molecule has 0 fully saturated rings. The quantitative estimate of drug-likeness (QED) is 0.154. The van der Waals surface area contributed by atoms with E-state index in [4.69, 9.17) is 0 Å². The van der Waals surface area contributed by atoms with Crippen LogP contribution in [0.3, 0.4) is 0 Å². The molecule has 47 heavy (non-hydrogen) atoms. The minimum atomic E-state index is -0.702. The van der Waals surface area contributed by atoms with Crippen molar-refractivity contribution < 1.29 is 22.4 Å². The molecule has 5 aromatic rings. The summed E-state index contributed by atoms with van der Waals surface area (Å²) in [5, 5.41) is 2.65. The monoisotopic (exact) mass is 708 g/mol. The summed E-state index contributed by atoms with van der Waals surface area (Å²) in [6, 6.07) is 35.7. The molecule has 0 N–H and O–H groups in total. The van der Waals surface area contributed by atoms with E-state index in [0.29, 0.717) is 9.54 Å². The van der Waals surface area contributed by atoms with Gasteiger partial charge in [0.1, 0.15) is 0 Å². The molecule has 0 nitrogen and oxygen atoms in total. The first-order chi connectivity index (χ1) is 22.4. The predicted octanol–water partition coefficient (Wildman–Crippen LogP) is 12.6. The normalized spacial score (nSPS) is 17.1. The molecule has 238 valence electrons. The molecule has 2 aliphatic carbocycles. The number of allylic oxidation sites excluding steroid dienone is 1. The molecule has 2 atom stereocenters. The molecule has 0 aromatic heterocycles. The second-order valence-corrected chi connectivity index (χ2v) is 31.4. The Morgan fingerprint density at radius 2 is 1.32 bits per heavy atom. The summed E-state index contributed by atoms with van der Waals surface area (Å²) in [7, 11) is 0. The SMILES string of the molecule is CCCC1=Cc2c(-c3cccc4ccccc34)cccc2C1c1cc(C(C)(C)C)cc2c1[CH]([Zr][SiH](C)C)c1ccc(C(C)(C)C)cc1-2. The van der Waals surface area contributed by atoms with E-state index >= 15 is 0 Å². The second-order valence-electron chi connectivity index (χ2n) is 16.3. The van der Waals surface area contributed by atoms with Crippen LogP contribution in [-0.4, -0.2) is 5.92 Å². The molecule has 2 heteroatoms. The van der Waals surface area contributed by atoms with Crippen molar-refractivity contribution in [2.45, 2.75) is 94.8 Å². The van der Waals surface area contributed by atoms with Gasteiger partial charge in [0.25, 0.3) is 0 Å². The van der Waals surface area contributed by atoms with Crippen LogP contribution < -0.4 is 0 Å². The van der Waals surface area contributed by atoms with Gasteiger partial charge >= 0.3 is 298 Å². The van der Waals surface area contributed by atoms with Crippen molar-refractivity contribution in [2.75, 3.05) is 0 Å². The third-order valence-electron chi connectivity index (χ3n) is 10.5. The fourth-order valence-corrected chi connectivity index (χ4v) is 18.0. The van der Waals surface area contributed by atoms with Crippen molar-refractivity contribution in [3.8, 4) is 22.3 Å². The first-order valence-electron chi connectivity index (χ1n) is 17.8. The number of hydrogen-bond acceptors (Lipinski definition) is 0. The van der Waals surface area contributed by atoms with Gasteiger partial charge in [0.05, 0.1) is 0 Å². The van der Waals surface area contributed by atoms with E-state index in [9.17, 15) is 0 Å². The molecule has 7 rings (SSSR count). The molecule has 0 aliphatic heterocycles. The van der Waals surface area contributed by atoms with Gasteiger partial charge in [-0.3, -0.25) is 0 Å². The van der Waals surface area contributed by atoms with Gasteiger partial charge in [-0.05, 0) is 0 Å². The zero-order valence-corrected chi connectivity index (χ0v) is 33.5. The van der Waals surface area contributed by atoms with E-state index in [1.54, 1.807) is 27.8 Å². The number of benzene rings is 5. The standard InChI is InChI=1S/C43H43.C2H7Si.Zr/c1-8-13-29-23-37-34(33-17-11-15-27-14-9-10-16-32(27)33)18-12-19-35(37)41(29)40-26-31(43(5,6)7)25-39-36-24-30(42(2,3)4)21-20-28(36)22-38(39)40;1-3-2;/h9-12,14-26,41H,8,13H2,1-7H3;3H,1-2H3;. The average Bonchev–Trinajstić information content (AvgIpc) is 3.54. The van der Waals surface area contributed by atoms with Crippen molar-refractivity contribution in [2.24, 2.45) is 0 Å². The summed E-state index contributed by atoms with van der Waals surface area (Å²) in [4.78, 5) is 0. The van der Waals surface area contributed by atoms with E-state index < -0.39 is 28.3 Å². The van der Waals surface area contributed by atoms with Crippen molar-refractivity contribution in [3.63, 3.8) is 0 Å². The van der Waals surface area contributed by atoms with Crippen LogP contribution in [0, 0.1) is 0 Å². The molecule has 0 spiro atoms. The molecule has 5 aromatic carbocycles. The maximum atomic E-state index is 2.66. The molecule has 0 saturated carbocycles. The molecule has 0 bridgehead atoms. The van der Waals surface area contributed by atoms with Crippen molar-refractivity contribution in [1.29, 1.82) is 0 Å². The fourth-order valence-electron chi connectivity index (χ4n) is 8.09. The van der Waals surface area contributed by atoms with E-state index in [1.807, 2.05) is 0 Å². The molecule has 2 aliphatic rings. The molecular formula is C45H50SiZr. The Morgan fingerprint density at radius 3 is 2.04 bits per heavy atom. The second kappa shape index (κ2) is 12.3. The topological polar surface area (TPSA) is 0 Å². The van der Waals surface area contributed by atoms with Crippen LogP contribution in [0.2, 0.25) is 13.1 Å². The Labute approximate surface area is 295 Å². The van der Waals surface area contributed by atoms with Gasteiger partial charge in [0.15, 0.2) is 0 Å². The minimum absolute atomic E-state index is 0.0668. The predicted molar refractivity (Wildman–Crippen MR) is 204 cm³/mol. The van der Waals surface area contributed by atoms with Gasteiger partial charge in [0, 0.05) is 0 Å². The zero-order chi connectivity index (χ0) is 33.2. The maximum absolute atomic E-state index is 2.66. The van der Waals surface area contributed by atoms with Gasteiger partial charge in [-0.25, -0.2) is 0 Å². The van der Waals surface area contributed by atoms with Gasteiger partial charge in [-0.2, -0.15) is 0 Å². The Balaban J connectivity index is 1.51. The molecule has 2 unspecified atom stereocenters. The van der Waals surface area contributed by atoms with Crippen LogP contribution >= 0.6 is 0 Å². The van der Waals surface area contributed by atoms with Gasteiger partial charge < -0.3 is 0 Å². The zero-order valence-electron chi connectivity index (χ0n) is 29.9. The fraction of sp³-hybridized carbons (Fsp3) is 0.333. The van der Waals surface area contributed by atoms with Gasteiger partial charge in [0.2, 0.25) is 0 Å². The van der Waals surface area contributed by atoms with E-state index in [1.165, 1.54) is 49.7 Å². The summed E-state index contributed by atoms with van der Waals surface area (Å²) in [5.41, 5.74) is 18.4. The Morgan fingerprint density at radius 1 is 0.638 bits per heavy atom. The summed E-state index contributed by atoms with van der Waals surface area (Å²) in [5.74, 6) is -0.393. The molecule has 0 heterocycles. The van der Waals surface area contributed by atoms with Crippen molar-refractivity contribution in [3.05, 3.63) is 136 Å². The first-order valence-corrected chi connectivity index (χ1v) is 26.3. The number of hydrogen-bond donors (Lipinski definition) is 0. The Hall–Kier alpha value is -2.80. The van der Waals surface area contributed by atoms with Crippen molar-refractivity contribution in [1.82, 2.24) is 0 Å². The summed E-state index contributed by atoms with van der Waals surface area (Å²) < 4.78 is 0.640.